The first kappa shape index (κ1) is 18.5. The summed E-state index contributed by atoms with van der Waals surface area (Å²) in [4.78, 5) is 8.29. The number of benzene rings is 1. The first-order chi connectivity index (χ1) is 12.2. The number of aromatic nitrogens is 1. The molecule has 0 spiro atoms. The van der Waals surface area contributed by atoms with Crippen molar-refractivity contribution in [2.75, 3.05) is 6.61 Å². The molecule has 1 unspecified atom stereocenters. The molecule has 2 aromatic rings. The summed E-state index contributed by atoms with van der Waals surface area (Å²) in [5.74, 6) is -0.390. The van der Waals surface area contributed by atoms with Crippen molar-refractivity contribution in [2.24, 2.45) is 4.99 Å². The molecule has 0 fully saturated rings. The summed E-state index contributed by atoms with van der Waals surface area (Å²) in [5.41, 5.74) is 1.99. The van der Waals surface area contributed by atoms with Gasteiger partial charge >= 0.3 is 6.18 Å². The zero-order valence-electron chi connectivity index (χ0n) is 13.6. The van der Waals surface area contributed by atoms with Crippen molar-refractivity contribution in [1.29, 1.82) is 0 Å². The van der Waals surface area contributed by atoms with E-state index >= 15 is 0 Å². The minimum atomic E-state index is -4.45. The van der Waals surface area contributed by atoms with E-state index in [0.29, 0.717) is 28.4 Å². The summed E-state index contributed by atoms with van der Waals surface area (Å²) >= 11 is 0. The predicted octanol–water partition coefficient (Wildman–Crippen LogP) is 4.01. The molecule has 1 atom stereocenters. The Hall–Kier alpha value is -2.29. The summed E-state index contributed by atoms with van der Waals surface area (Å²) in [6.07, 6.45) is -2.80. The fourth-order valence-electron chi connectivity index (χ4n) is 2.49. The molecule has 0 aliphatic carbocycles. The Kier molecular flexibility index (Phi) is 5.08. The third-order valence-corrected chi connectivity index (χ3v) is 5.11. The molecule has 0 amide bonds. The smallest absolute Gasteiger partial charge is 0.422 e. The molecule has 3 rings (SSSR count). The van der Waals surface area contributed by atoms with Crippen LogP contribution in [-0.4, -0.2) is 27.0 Å². The SMILES string of the molecule is Cc1c(OCC(F)(F)F)ccnc1CS(=O)C1=Nc2cc(F)ccc2C1. The summed E-state index contributed by atoms with van der Waals surface area (Å²) in [6, 6.07) is 5.51. The van der Waals surface area contributed by atoms with Crippen LogP contribution in [0.4, 0.5) is 23.2 Å². The lowest BCUT2D eigenvalue weighted by Crippen LogP contribution is -2.20. The van der Waals surface area contributed by atoms with E-state index in [1.54, 1.807) is 13.0 Å². The van der Waals surface area contributed by atoms with Crippen molar-refractivity contribution in [3.8, 4) is 5.75 Å². The van der Waals surface area contributed by atoms with Crippen LogP contribution in [0.5, 0.6) is 5.75 Å². The zero-order valence-corrected chi connectivity index (χ0v) is 14.5. The molecular weight excluding hydrogens is 372 g/mol. The fraction of sp³-hybridized carbons (Fsp3) is 0.294. The van der Waals surface area contributed by atoms with E-state index in [9.17, 15) is 21.8 Å². The number of hydrogen-bond donors (Lipinski definition) is 0. The molecule has 0 saturated heterocycles. The molecule has 0 N–H and O–H groups in total. The standard InChI is InChI=1S/C17H14F4N2O2S/c1-10-14(22-5-4-15(10)25-9-17(19,20)21)8-26(24)16-6-11-2-3-12(18)7-13(11)23-16/h2-5,7H,6,8-9H2,1H3. The number of fused-ring (bicyclic) bond motifs is 1. The van der Waals surface area contributed by atoms with Gasteiger partial charge in [0.15, 0.2) is 6.61 Å². The number of aliphatic imine (C=N–C) groups is 1. The molecule has 1 aliphatic rings. The molecule has 26 heavy (non-hydrogen) atoms. The van der Waals surface area contributed by atoms with Crippen LogP contribution >= 0.6 is 0 Å². The third kappa shape index (κ3) is 4.27. The second kappa shape index (κ2) is 7.14. The lowest BCUT2D eigenvalue weighted by atomic mass is 10.1. The molecule has 1 aliphatic heterocycles. The Bertz CT molecular complexity index is 897. The summed E-state index contributed by atoms with van der Waals surface area (Å²) in [7, 11) is -1.53. The van der Waals surface area contributed by atoms with Crippen molar-refractivity contribution in [3.05, 3.63) is 53.1 Å². The first-order valence-corrected chi connectivity index (χ1v) is 8.93. The van der Waals surface area contributed by atoms with Gasteiger partial charge in [0.25, 0.3) is 0 Å². The second-order valence-electron chi connectivity index (χ2n) is 5.73. The average Bonchev–Trinajstić information content (AvgIpc) is 2.98. The molecule has 0 bridgehead atoms. The highest BCUT2D eigenvalue weighted by atomic mass is 32.2. The quantitative estimate of drug-likeness (QED) is 0.747. The van der Waals surface area contributed by atoms with Gasteiger partial charge in [0, 0.05) is 18.2 Å². The molecule has 138 valence electrons. The maximum atomic E-state index is 13.2. The van der Waals surface area contributed by atoms with Crippen LogP contribution in [0.3, 0.4) is 0 Å². The molecule has 1 aromatic carbocycles. The van der Waals surface area contributed by atoms with Crippen molar-refractivity contribution in [1.82, 2.24) is 4.98 Å². The molecule has 0 radical (unpaired) electrons. The highest BCUT2D eigenvalue weighted by Crippen LogP contribution is 2.29. The summed E-state index contributed by atoms with van der Waals surface area (Å²) < 4.78 is 67.5. The number of pyridine rings is 1. The van der Waals surface area contributed by atoms with Gasteiger partial charge in [-0.3, -0.25) is 9.19 Å². The van der Waals surface area contributed by atoms with Crippen LogP contribution in [0.25, 0.3) is 0 Å². The highest BCUT2D eigenvalue weighted by Gasteiger charge is 2.29. The number of halogens is 4. The van der Waals surface area contributed by atoms with Gasteiger partial charge in [-0.05, 0) is 30.7 Å². The lowest BCUT2D eigenvalue weighted by molar-refractivity contribution is -0.153. The first-order valence-electron chi connectivity index (χ1n) is 7.61. The van der Waals surface area contributed by atoms with Crippen LogP contribution in [0.1, 0.15) is 16.8 Å². The second-order valence-corrected chi connectivity index (χ2v) is 7.18. The number of ether oxygens (including phenoxy) is 1. The van der Waals surface area contributed by atoms with E-state index in [-0.39, 0.29) is 11.5 Å². The van der Waals surface area contributed by atoms with Crippen LogP contribution in [0.2, 0.25) is 0 Å². The minimum Gasteiger partial charge on any atom is -0.484 e. The van der Waals surface area contributed by atoms with E-state index in [1.807, 2.05) is 0 Å². The van der Waals surface area contributed by atoms with E-state index in [4.69, 9.17) is 4.74 Å². The predicted molar refractivity (Wildman–Crippen MR) is 89.6 cm³/mol. The van der Waals surface area contributed by atoms with Crippen molar-refractivity contribution in [3.63, 3.8) is 0 Å². The van der Waals surface area contributed by atoms with Crippen molar-refractivity contribution in [2.45, 2.75) is 25.3 Å². The van der Waals surface area contributed by atoms with Crippen molar-refractivity contribution < 1.29 is 26.5 Å². The molecule has 9 heteroatoms. The monoisotopic (exact) mass is 386 g/mol. The van der Waals surface area contributed by atoms with E-state index in [2.05, 4.69) is 9.98 Å². The average molecular weight is 386 g/mol. The Morgan fingerprint density at radius 3 is 2.77 bits per heavy atom. The normalized spacial score (nSPS) is 14.7. The van der Waals surface area contributed by atoms with Gasteiger partial charge in [0.2, 0.25) is 0 Å². The topological polar surface area (TPSA) is 51.5 Å². The van der Waals surface area contributed by atoms with E-state index in [1.165, 1.54) is 24.4 Å². The zero-order chi connectivity index (χ0) is 18.9. The van der Waals surface area contributed by atoms with Crippen LogP contribution in [-0.2, 0) is 23.0 Å². The Morgan fingerprint density at radius 2 is 2.04 bits per heavy atom. The van der Waals surface area contributed by atoms with E-state index in [0.717, 1.165) is 5.56 Å². The number of alkyl halides is 3. The molecule has 2 heterocycles. The Labute approximate surface area is 149 Å². The van der Waals surface area contributed by atoms with Crippen LogP contribution < -0.4 is 4.74 Å². The summed E-state index contributed by atoms with van der Waals surface area (Å²) in [6.45, 7) is 0.153. The Balaban J connectivity index is 1.73. The van der Waals surface area contributed by atoms with Gasteiger partial charge in [-0.15, -0.1) is 0 Å². The summed E-state index contributed by atoms with van der Waals surface area (Å²) in [5, 5.41) is 0.383. The van der Waals surface area contributed by atoms with Gasteiger partial charge in [-0.1, -0.05) is 6.07 Å². The van der Waals surface area contributed by atoms with Gasteiger partial charge in [-0.2, -0.15) is 13.2 Å². The van der Waals surface area contributed by atoms with Crippen LogP contribution in [0.15, 0.2) is 35.5 Å². The third-order valence-electron chi connectivity index (χ3n) is 3.81. The Morgan fingerprint density at radius 1 is 1.27 bits per heavy atom. The minimum absolute atomic E-state index is 0.00957. The fourth-order valence-corrected chi connectivity index (χ4v) is 3.71. The largest absolute Gasteiger partial charge is 0.484 e. The van der Waals surface area contributed by atoms with Gasteiger partial charge in [0.05, 0.1) is 27.9 Å². The molecule has 0 saturated carbocycles. The van der Waals surface area contributed by atoms with Crippen LogP contribution in [0, 0.1) is 12.7 Å². The number of rotatable bonds is 4. The molecule has 1 aromatic heterocycles. The maximum Gasteiger partial charge on any atom is 0.422 e. The highest BCUT2D eigenvalue weighted by molar-refractivity contribution is 8.00. The number of hydrogen-bond acceptors (Lipinski definition) is 4. The van der Waals surface area contributed by atoms with E-state index < -0.39 is 29.4 Å². The lowest BCUT2D eigenvalue weighted by Gasteiger charge is -2.13. The van der Waals surface area contributed by atoms with Gasteiger partial charge < -0.3 is 4.74 Å². The number of nitrogens with zero attached hydrogens (tertiary/aromatic N) is 2. The maximum absolute atomic E-state index is 13.2. The van der Waals surface area contributed by atoms with Gasteiger partial charge in [0.1, 0.15) is 16.6 Å². The van der Waals surface area contributed by atoms with Crippen molar-refractivity contribution >= 4 is 21.5 Å². The molecule has 4 nitrogen and oxygen atoms in total. The van der Waals surface area contributed by atoms with Gasteiger partial charge in [-0.25, -0.2) is 9.38 Å². The molecular formula is C17H14F4N2O2S.